The van der Waals surface area contributed by atoms with Gasteiger partial charge in [-0.25, -0.2) is 9.98 Å². The van der Waals surface area contributed by atoms with E-state index in [-0.39, 0.29) is 12.2 Å². The van der Waals surface area contributed by atoms with Gasteiger partial charge in [0.15, 0.2) is 5.96 Å². The van der Waals surface area contributed by atoms with Crippen LogP contribution in [0, 0.1) is 0 Å². The van der Waals surface area contributed by atoms with Crippen molar-refractivity contribution in [2.75, 3.05) is 37.7 Å². The molecule has 0 saturated carbocycles. The van der Waals surface area contributed by atoms with E-state index < -0.39 is 0 Å². The van der Waals surface area contributed by atoms with Crippen molar-refractivity contribution in [2.24, 2.45) is 10.7 Å². The molecule has 0 amide bonds. The standard InChI is InChI=1S/C17H27N5O2/c1-13-12-22(6-8-23-13)16-5-4-14(9-19-16)10-20-17(18)21-11-15-3-2-7-24-15/h4-5,9,13,15H,2-3,6-8,10-12H2,1H3,(H3,18,20,21). The van der Waals surface area contributed by atoms with Gasteiger partial charge in [-0.15, -0.1) is 0 Å². The topological polar surface area (TPSA) is 85.0 Å². The number of guanidine groups is 1. The molecule has 0 radical (unpaired) electrons. The van der Waals surface area contributed by atoms with Gasteiger partial charge in [-0.05, 0) is 31.4 Å². The lowest BCUT2D eigenvalue weighted by Crippen LogP contribution is -2.41. The summed E-state index contributed by atoms with van der Waals surface area (Å²) in [5.74, 6) is 1.44. The predicted molar refractivity (Wildman–Crippen MR) is 94.2 cm³/mol. The van der Waals surface area contributed by atoms with Crippen molar-refractivity contribution in [3.05, 3.63) is 23.9 Å². The van der Waals surface area contributed by atoms with E-state index >= 15 is 0 Å². The van der Waals surface area contributed by atoms with Crippen LogP contribution in [0.2, 0.25) is 0 Å². The van der Waals surface area contributed by atoms with Gasteiger partial charge in [0, 0.05) is 32.4 Å². The molecule has 3 rings (SSSR count). The Hall–Kier alpha value is -1.86. The summed E-state index contributed by atoms with van der Waals surface area (Å²) in [6.45, 7) is 6.70. The van der Waals surface area contributed by atoms with E-state index in [9.17, 15) is 0 Å². The molecule has 2 aliphatic heterocycles. The molecule has 2 atom stereocenters. The minimum absolute atomic E-state index is 0.250. The number of ether oxygens (including phenoxy) is 2. The molecule has 132 valence electrons. The van der Waals surface area contributed by atoms with E-state index in [0.29, 0.717) is 12.5 Å². The van der Waals surface area contributed by atoms with Crippen LogP contribution in [-0.4, -0.2) is 56.0 Å². The number of pyridine rings is 1. The van der Waals surface area contributed by atoms with Crippen LogP contribution >= 0.6 is 0 Å². The van der Waals surface area contributed by atoms with Crippen LogP contribution in [0.15, 0.2) is 23.3 Å². The van der Waals surface area contributed by atoms with Crippen molar-refractivity contribution in [2.45, 2.75) is 38.5 Å². The fourth-order valence-electron chi connectivity index (χ4n) is 2.98. The predicted octanol–water partition coefficient (Wildman–Crippen LogP) is 0.890. The van der Waals surface area contributed by atoms with Crippen molar-refractivity contribution >= 4 is 11.8 Å². The molecular formula is C17H27N5O2. The Balaban J connectivity index is 1.47. The first kappa shape index (κ1) is 17.0. The molecule has 24 heavy (non-hydrogen) atoms. The van der Waals surface area contributed by atoms with Crippen molar-refractivity contribution in [3.63, 3.8) is 0 Å². The van der Waals surface area contributed by atoms with E-state index in [1.165, 1.54) is 0 Å². The lowest BCUT2D eigenvalue weighted by molar-refractivity contribution is 0.0529. The van der Waals surface area contributed by atoms with E-state index in [2.05, 4.69) is 33.2 Å². The normalized spacial score (nSPS) is 25.0. The molecule has 1 aromatic heterocycles. The SMILES string of the molecule is CC1CN(c2ccc(CN=C(N)NCC3CCCO3)cn2)CCO1. The number of anilines is 1. The average Bonchev–Trinajstić information content (AvgIpc) is 3.12. The van der Waals surface area contributed by atoms with Crippen LogP contribution in [0.4, 0.5) is 5.82 Å². The molecular weight excluding hydrogens is 306 g/mol. The Morgan fingerprint density at radius 3 is 3.04 bits per heavy atom. The number of hydrogen-bond donors (Lipinski definition) is 2. The zero-order chi connectivity index (χ0) is 16.8. The van der Waals surface area contributed by atoms with Gasteiger partial charge >= 0.3 is 0 Å². The number of aromatic nitrogens is 1. The van der Waals surface area contributed by atoms with Crippen LogP contribution in [0.25, 0.3) is 0 Å². The molecule has 2 aliphatic rings. The van der Waals surface area contributed by atoms with Gasteiger partial charge in [0.25, 0.3) is 0 Å². The summed E-state index contributed by atoms with van der Waals surface area (Å²) in [5.41, 5.74) is 6.95. The first-order chi connectivity index (χ1) is 11.7. The maximum Gasteiger partial charge on any atom is 0.189 e. The Kier molecular flexibility index (Phi) is 5.87. The second-order valence-electron chi connectivity index (χ2n) is 6.37. The molecule has 2 fully saturated rings. The first-order valence-corrected chi connectivity index (χ1v) is 8.67. The molecule has 0 aromatic carbocycles. The zero-order valence-electron chi connectivity index (χ0n) is 14.3. The quantitative estimate of drug-likeness (QED) is 0.615. The highest BCUT2D eigenvalue weighted by Gasteiger charge is 2.17. The number of rotatable bonds is 5. The summed E-state index contributed by atoms with van der Waals surface area (Å²) < 4.78 is 11.1. The summed E-state index contributed by atoms with van der Waals surface area (Å²) in [6.07, 6.45) is 4.59. The average molecular weight is 333 g/mol. The van der Waals surface area contributed by atoms with E-state index in [0.717, 1.165) is 57.1 Å². The zero-order valence-corrected chi connectivity index (χ0v) is 14.3. The van der Waals surface area contributed by atoms with Gasteiger partial charge in [0.05, 0.1) is 25.4 Å². The Morgan fingerprint density at radius 1 is 1.42 bits per heavy atom. The maximum atomic E-state index is 5.90. The number of morpholine rings is 1. The maximum absolute atomic E-state index is 5.90. The number of nitrogens with zero attached hydrogens (tertiary/aromatic N) is 3. The van der Waals surface area contributed by atoms with E-state index in [4.69, 9.17) is 15.2 Å². The highest BCUT2D eigenvalue weighted by atomic mass is 16.5. The lowest BCUT2D eigenvalue weighted by atomic mass is 10.2. The highest BCUT2D eigenvalue weighted by molar-refractivity contribution is 5.77. The van der Waals surface area contributed by atoms with Gasteiger partial charge in [-0.1, -0.05) is 6.07 Å². The van der Waals surface area contributed by atoms with Gasteiger partial charge < -0.3 is 25.4 Å². The summed E-state index contributed by atoms with van der Waals surface area (Å²) in [4.78, 5) is 11.2. The second-order valence-corrected chi connectivity index (χ2v) is 6.37. The minimum atomic E-state index is 0.250. The van der Waals surface area contributed by atoms with Crippen LogP contribution in [0.1, 0.15) is 25.3 Å². The van der Waals surface area contributed by atoms with Gasteiger partial charge in [-0.3, -0.25) is 0 Å². The monoisotopic (exact) mass is 333 g/mol. The smallest absolute Gasteiger partial charge is 0.189 e. The number of nitrogens with two attached hydrogens (primary N) is 1. The van der Waals surface area contributed by atoms with Gasteiger partial charge in [0.2, 0.25) is 0 Å². The number of hydrogen-bond acceptors (Lipinski definition) is 5. The molecule has 1 aromatic rings. The third-order valence-corrected chi connectivity index (χ3v) is 4.34. The van der Waals surface area contributed by atoms with Crippen molar-refractivity contribution in [3.8, 4) is 0 Å². The molecule has 2 unspecified atom stereocenters. The Labute approximate surface area is 143 Å². The van der Waals surface area contributed by atoms with Crippen LogP contribution < -0.4 is 16.0 Å². The number of aliphatic imine (C=N–C) groups is 1. The van der Waals surface area contributed by atoms with Gasteiger partial charge in [-0.2, -0.15) is 0 Å². The molecule has 0 bridgehead atoms. The fraction of sp³-hybridized carbons (Fsp3) is 0.647. The molecule has 2 saturated heterocycles. The third kappa shape index (κ3) is 4.82. The summed E-state index contributed by atoms with van der Waals surface area (Å²) in [7, 11) is 0. The van der Waals surface area contributed by atoms with Crippen LogP contribution in [0.3, 0.4) is 0 Å². The number of nitrogens with one attached hydrogen (secondary N) is 1. The summed E-state index contributed by atoms with van der Waals surface area (Å²) >= 11 is 0. The molecule has 0 aliphatic carbocycles. The second kappa shape index (κ2) is 8.30. The van der Waals surface area contributed by atoms with E-state index in [1.54, 1.807) is 0 Å². The molecule has 7 heteroatoms. The first-order valence-electron chi connectivity index (χ1n) is 8.67. The lowest BCUT2D eigenvalue weighted by Gasteiger charge is -2.32. The van der Waals surface area contributed by atoms with E-state index in [1.807, 2.05) is 12.3 Å². The summed E-state index contributed by atoms with van der Waals surface area (Å²) in [5, 5.41) is 3.12. The summed E-state index contributed by atoms with van der Waals surface area (Å²) in [6, 6.07) is 4.10. The fourth-order valence-corrected chi connectivity index (χ4v) is 2.98. The Morgan fingerprint density at radius 2 is 2.33 bits per heavy atom. The van der Waals surface area contributed by atoms with Crippen molar-refractivity contribution in [1.29, 1.82) is 0 Å². The molecule has 3 N–H and O–H groups in total. The molecule has 7 nitrogen and oxygen atoms in total. The van der Waals surface area contributed by atoms with Crippen molar-refractivity contribution < 1.29 is 9.47 Å². The largest absolute Gasteiger partial charge is 0.376 e. The molecule has 0 spiro atoms. The third-order valence-electron chi connectivity index (χ3n) is 4.34. The van der Waals surface area contributed by atoms with Crippen LogP contribution in [0.5, 0.6) is 0 Å². The Bertz CT molecular complexity index is 542. The van der Waals surface area contributed by atoms with Gasteiger partial charge in [0.1, 0.15) is 5.82 Å². The minimum Gasteiger partial charge on any atom is -0.376 e. The molecule has 3 heterocycles. The van der Waals surface area contributed by atoms with Crippen molar-refractivity contribution in [1.82, 2.24) is 10.3 Å². The highest BCUT2D eigenvalue weighted by Crippen LogP contribution is 2.15. The van der Waals surface area contributed by atoms with Crippen LogP contribution in [-0.2, 0) is 16.0 Å².